The van der Waals surface area contributed by atoms with Gasteiger partial charge in [0, 0.05) is 13.0 Å². The summed E-state index contributed by atoms with van der Waals surface area (Å²) in [5, 5.41) is 9.75. The van der Waals surface area contributed by atoms with Gasteiger partial charge in [0.25, 0.3) is 5.22 Å². The molecular weight excluding hydrogens is 298 g/mol. The van der Waals surface area contributed by atoms with E-state index < -0.39 is 11.8 Å². The predicted molar refractivity (Wildman–Crippen MR) is 71.9 cm³/mol. The Balaban J connectivity index is 1.71. The zero-order chi connectivity index (χ0) is 15.2. The van der Waals surface area contributed by atoms with Gasteiger partial charge in [0.1, 0.15) is 0 Å². The lowest BCUT2D eigenvalue weighted by molar-refractivity contribution is -0.135. The summed E-state index contributed by atoms with van der Waals surface area (Å²) in [5.74, 6) is -0.798. The average molecular weight is 313 g/mol. The second kappa shape index (κ2) is 7.18. The minimum absolute atomic E-state index is 0.0358. The topological polar surface area (TPSA) is 131 Å². The van der Waals surface area contributed by atoms with Crippen LogP contribution in [-0.4, -0.2) is 51.7 Å². The minimum atomic E-state index is -0.496. The van der Waals surface area contributed by atoms with Gasteiger partial charge in [-0.25, -0.2) is 0 Å². The van der Waals surface area contributed by atoms with Crippen LogP contribution < -0.4 is 11.1 Å². The lowest BCUT2D eigenvalue weighted by Gasteiger charge is -2.14. The van der Waals surface area contributed by atoms with Crippen LogP contribution >= 0.6 is 11.8 Å². The fourth-order valence-electron chi connectivity index (χ4n) is 1.78. The Labute approximate surface area is 124 Å². The predicted octanol–water partition coefficient (Wildman–Crippen LogP) is -1.11. The SMILES string of the molecule is NCc1nnc(SCC(=O)NC(=O)CN2CCCC2=O)o1. The van der Waals surface area contributed by atoms with Crippen LogP contribution in [0.3, 0.4) is 0 Å². The summed E-state index contributed by atoms with van der Waals surface area (Å²) in [5.41, 5.74) is 5.31. The van der Waals surface area contributed by atoms with Crippen molar-refractivity contribution in [3.8, 4) is 0 Å². The molecule has 114 valence electrons. The molecule has 1 aliphatic heterocycles. The number of hydrogen-bond donors (Lipinski definition) is 2. The molecule has 2 heterocycles. The van der Waals surface area contributed by atoms with Crippen LogP contribution in [0.1, 0.15) is 18.7 Å². The van der Waals surface area contributed by atoms with E-state index in [1.54, 1.807) is 0 Å². The van der Waals surface area contributed by atoms with Crippen LogP contribution in [0.2, 0.25) is 0 Å². The molecule has 1 aromatic heterocycles. The van der Waals surface area contributed by atoms with Crippen molar-refractivity contribution >= 4 is 29.5 Å². The highest BCUT2D eigenvalue weighted by molar-refractivity contribution is 7.99. The number of aromatic nitrogens is 2. The third-order valence-electron chi connectivity index (χ3n) is 2.73. The molecule has 0 bridgehead atoms. The van der Waals surface area contributed by atoms with Gasteiger partial charge in [0.15, 0.2) is 0 Å². The van der Waals surface area contributed by atoms with E-state index in [4.69, 9.17) is 10.2 Å². The first kappa shape index (κ1) is 15.4. The summed E-state index contributed by atoms with van der Waals surface area (Å²) in [4.78, 5) is 36.0. The van der Waals surface area contributed by atoms with Gasteiger partial charge in [-0.1, -0.05) is 11.8 Å². The number of imide groups is 1. The van der Waals surface area contributed by atoms with Crippen LogP contribution in [0.25, 0.3) is 0 Å². The molecule has 0 aromatic carbocycles. The van der Waals surface area contributed by atoms with E-state index >= 15 is 0 Å². The molecule has 1 aromatic rings. The van der Waals surface area contributed by atoms with Crippen LogP contribution in [0.5, 0.6) is 0 Å². The van der Waals surface area contributed by atoms with Crippen molar-refractivity contribution in [2.45, 2.75) is 24.6 Å². The molecule has 2 rings (SSSR count). The van der Waals surface area contributed by atoms with Gasteiger partial charge in [-0.15, -0.1) is 10.2 Å². The molecule has 0 spiro atoms. The number of thioether (sulfide) groups is 1. The summed E-state index contributed by atoms with van der Waals surface area (Å²) in [6.45, 7) is 0.592. The van der Waals surface area contributed by atoms with E-state index in [1.165, 1.54) is 4.90 Å². The Kier molecular flexibility index (Phi) is 5.28. The molecule has 10 heteroatoms. The molecule has 1 aliphatic rings. The van der Waals surface area contributed by atoms with E-state index in [0.717, 1.165) is 18.2 Å². The lowest BCUT2D eigenvalue weighted by Crippen LogP contribution is -2.41. The molecule has 0 saturated carbocycles. The number of hydrogen-bond acceptors (Lipinski definition) is 8. The fraction of sp³-hybridized carbons (Fsp3) is 0.545. The maximum Gasteiger partial charge on any atom is 0.277 e. The highest BCUT2D eigenvalue weighted by Gasteiger charge is 2.23. The molecule has 9 nitrogen and oxygen atoms in total. The van der Waals surface area contributed by atoms with Crippen LogP contribution in [0, 0.1) is 0 Å². The van der Waals surface area contributed by atoms with Gasteiger partial charge in [0.2, 0.25) is 23.6 Å². The minimum Gasteiger partial charge on any atom is -0.415 e. The molecular formula is C11H15N5O4S. The monoisotopic (exact) mass is 313 g/mol. The number of rotatable bonds is 6. The first-order chi connectivity index (χ1) is 10.1. The molecule has 0 unspecified atom stereocenters. The van der Waals surface area contributed by atoms with E-state index in [9.17, 15) is 14.4 Å². The van der Waals surface area contributed by atoms with E-state index in [2.05, 4.69) is 15.5 Å². The number of amides is 3. The second-order valence-electron chi connectivity index (χ2n) is 4.34. The van der Waals surface area contributed by atoms with Gasteiger partial charge in [0.05, 0.1) is 18.8 Å². The Morgan fingerprint density at radius 3 is 2.81 bits per heavy atom. The number of nitrogens with one attached hydrogen (secondary N) is 1. The normalized spacial score (nSPS) is 14.5. The summed E-state index contributed by atoms with van der Waals surface area (Å²) in [6, 6.07) is 0. The Morgan fingerprint density at radius 2 is 2.19 bits per heavy atom. The van der Waals surface area contributed by atoms with Crippen LogP contribution in [-0.2, 0) is 20.9 Å². The van der Waals surface area contributed by atoms with Crippen molar-refractivity contribution in [2.24, 2.45) is 5.73 Å². The summed E-state index contributed by atoms with van der Waals surface area (Å²) >= 11 is 1.01. The lowest BCUT2D eigenvalue weighted by atomic mass is 10.4. The third kappa shape index (κ3) is 4.53. The molecule has 21 heavy (non-hydrogen) atoms. The molecule has 0 aliphatic carbocycles. The fourth-order valence-corrected chi connectivity index (χ4v) is 2.36. The maximum absolute atomic E-state index is 11.6. The van der Waals surface area contributed by atoms with Gasteiger partial charge in [-0.2, -0.15) is 0 Å². The second-order valence-corrected chi connectivity index (χ2v) is 5.27. The van der Waals surface area contributed by atoms with Crippen LogP contribution in [0.4, 0.5) is 0 Å². The van der Waals surface area contributed by atoms with Gasteiger partial charge in [-0.05, 0) is 6.42 Å². The Morgan fingerprint density at radius 1 is 1.38 bits per heavy atom. The van der Waals surface area contributed by atoms with Crippen molar-refractivity contribution in [1.29, 1.82) is 0 Å². The van der Waals surface area contributed by atoms with Gasteiger partial charge < -0.3 is 15.1 Å². The van der Waals surface area contributed by atoms with Crippen molar-refractivity contribution in [3.63, 3.8) is 0 Å². The third-order valence-corrected chi connectivity index (χ3v) is 3.55. The van der Waals surface area contributed by atoms with Gasteiger partial charge >= 0.3 is 0 Å². The molecule has 0 atom stereocenters. The Bertz CT molecular complexity index is 546. The molecule has 1 saturated heterocycles. The average Bonchev–Trinajstić information content (AvgIpc) is 3.06. The van der Waals surface area contributed by atoms with Crippen molar-refractivity contribution in [2.75, 3.05) is 18.8 Å². The molecule has 3 N–H and O–H groups in total. The van der Waals surface area contributed by atoms with E-state index in [1.807, 2.05) is 0 Å². The standard InChI is InChI=1S/C11H15N5O4S/c12-4-9-14-15-11(20-9)21-6-8(18)13-7(17)5-16-3-1-2-10(16)19/h1-6,12H2,(H,13,17,18). The van der Waals surface area contributed by atoms with E-state index in [-0.39, 0.29) is 35.9 Å². The number of nitrogens with zero attached hydrogens (tertiary/aromatic N) is 3. The zero-order valence-electron chi connectivity index (χ0n) is 11.2. The van der Waals surface area contributed by atoms with E-state index in [0.29, 0.717) is 13.0 Å². The number of carbonyl (C=O) groups is 3. The summed E-state index contributed by atoms with van der Waals surface area (Å²) in [6.07, 6.45) is 1.20. The van der Waals surface area contributed by atoms with Gasteiger partial charge in [-0.3, -0.25) is 19.7 Å². The zero-order valence-corrected chi connectivity index (χ0v) is 12.0. The molecule has 0 radical (unpaired) electrons. The number of carbonyl (C=O) groups excluding carboxylic acids is 3. The largest absolute Gasteiger partial charge is 0.415 e. The highest BCUT2D eigenvalue weighted by atomic mass is 32.2. The molecule has 1 fully saturated rings. The number of likely N-dealkylation sites (tertiary alicyclic amines) is 1. The highest BCUT2D eigenvalue weighted by Crippen LogP contribution is 2.15. The smallest absolute Gasteiger partial charge is 0.277 e. The molecule has 3 amide bonds. The van der Waals surface area contributed by atoms with Crippen molar-refractivity contribution in [3.05, 3.63) is 5.89 Å². The summed E-state index contributed by atoms with van der Waals surface area (Å²) < 4.78 is 5.11. The number of nitrogens with two attached hydrogens (primary N) is 1. The Hall–Kier alpha value is -1.94. The van der Waals surface area contributed by atoms with Crippen molar-refractivity contribution in [1.82, 2.24) is 20.4 Å². The van der Waals surface area contributed by atoms with Crippen molar-refractivity contribution < 1.29 is 18.8 Å². The quantitative estimate of drug-likeness (QED) is 0.632. The first-order valence-corrected chi connectivity index (χ1v) is 7.32. The maximum atomic E-state index is 11.6. The van der Waals surface area contributed by atoms with Crippen LogP contribution in [0.15, 0.2) is 9.64 Å². The first-order valence-electron chi connectivity index (χ1n) is 6.34. The summed E-state index contributed by atoms with van der Waals surface area (Å²) in [7, 11) is 0.